The molecule has 0 saturated heterocycles. The largest absolute Gasteiger partial charge is 0.508 e. The minimum atomic E-state index is -0.448. The van der Waals surface area contributed by atoms with Gasteiger partial charge in [-0.1, -0.05) is 56.3 Å². The molecule has 2 aromatic carbocycles. The van der Waals surface area contributed by atoms with Crippen LogP contribution >= 0.6 is 0 Å². The highest BCUT2D eigenvalue weighted by molar-refractivity contribution is 5.83. The Morgan fingerprint density at radius 3 is 2.38 bits per heavy atom. The SMILES string of the molecule is Cc1cc(C(C)(C)c2ccc(OC(=O)C3C=C(C=O)C=CC3)c(C)c2)ccc1O. The third-order valence-corrected chi connectivity index (χ3v) is 5.56. The summed E-state index contributed by atoms with van der Waals surface area (Å²) in [6, 6.07) is 11.4. The van der Waals surface area contributed by atoms with E-state index in [-0.39, 0.29) is 17.1 Å². The highest BCUT2D eigenvalue weighted by atomic mass is 16.5. The summed E-state index contributed by atoms with van der Waals surface area (Å²) >= 11 is 0. The van der Waals surface area contributed by atoms with Crippen molar-refractivity contribution in [3.63, 3.8) is 0 Å². The molecule has 1 aliphatic rings. The van der Waals surface area contributed by atoms with E-state index in [9.17, 15) is 14.7 Å². The van der Waals surface area contributed by atoms with Crippen LogP contribution in [-0.2, 0) is 15.0 Å². The molecule has 1 N–H and O–H groups in total. The van der Waals surface area contributed by atoms with Gasteiger partial charge >= 0.3 is 5.97 Å². The number of hydrogen-bond donors (Lipinski definition) is 1. The molecule has 0 saturated carbocycles. The summed E-state index contributed by atoms with van der Waals surface area (Å²) in [7, 11) is 0. The molecule has 3 rings (SSSR count). The molecule has 0 radical (unpaired) electrons. The number of aryl methyl sites for hydroxylation is 2. The van der Waals surface area contributed by atoms with E-state index in [1.165, 1.54) is 0 Å². The Hall–Kier alpha value is -3.14. The van der Waals surface area contributed by atoms with Gasteiger partial charge in [-0.05, 0) is 54.7 Å². The van der Waals surface area contributed by atoms with Gasteiger partial charge in [0.25, 0.3) is 0 Å². The number of carbonyl (C=O) groups excluding carboxylic acids is 2. The van der Waals surface area contributed by atoms with Crippen LogP contribution in [0.15, 0.2) is 60.2 Å². The molecule has 0 spiro atoms. The average Bonchev–Trinajstić information content (AvgIpc) is 2.71. The number of aromatic hydroxyl groups is 1. The van der Waals surface area contributed by atoms with E-state index in [0.717, 1.165) is 28.5 Å². The van der Waals surface area contributed by atoms with Crippen LogP contribution in [0.3, 0.4) is 0 Å². The van der Waals surface area contributed by atoms with Gasteiger partial charge in [-0.2, -0.15) is 0 Å². The Morgan fingerprint density at radius 2 is 1.76 bits per heavy atom. The first-order valence-corrected chi connectivity index (χ1v) is 9.69. The molecule has 0 aliphatic heterocycles. The highest BCUT2D eigenvalue weighted by Gasteiger charge is 2.25. The van der Waals surface area contributed by atoms with Gasteiger partial charge < -0.3 is 9.84 Å². The number of rotatable bonds is 5. The summed E-state index contributed by atoms with van der Waals surface area (Å²) < 4.78 is 5.62. The maximum atomic E-state index is 12.5. The van der Waals surface area contributed by atoms with Gasteiger partial charge in [0.1, 0.15) is 17.8 Å². The fourth-order valence-electron chi connectivity index (χ4n) is 3.50. The summed E-state index contributed by atoms with van der Waals surface area (Å²) in [4.78, 5) is 23.5. The lowest BCUT2D eigenvalue weighted by molar-refractivity contribution is -0.137. The zero-order valence-corrected chi connectivity index (χ0v) is 17.2. The minimum Gasteiger partial charge on any atom is -0.508 e. The molecule has 0 aromatic heterocycles. The molecule has 2 aromatic rings. The number of ether oxygens (including phenoxy) is 1. The monoisotopic (exact) mass is 390 g/mol. The van der Waals surface area contributed by atoms with Crippen molar-refractivity contribution in [3.05, 3.63) is 82.5 Å². The molecule has 0 bridgehead atoms. The molecular formula is C25H26O4. The molecule has 4 heteroatoms. The van der Waals surface area contributed by atoms with Gasteiger partial charge in [-0.3, -0.25) is 9.59 Å². The van der Waals surface area contributed by atoms with Crippen LogP contribution in [0.2, 0.25) is 0 Å². The first-order chi connectivity index (χ1) is 13.7. The highest BCUT2D eigenvalue weighted by Crippen LogP contribution is 2.35. The molecule has 29 heavy (non-hydrogen) atoms. The topological polar surface area (TPSA) is 63.6 Å². The van der Waals surface area contributed by atoms with E-state index in [0.29, 0.717) is 17.7 Å². The predicted molar refractivity (Wildman–Crippen MR) is 113 cm³/mol. The lowest BCUT2D eigenvalue weighted by Crippen LogP contribution is -2.21. The summed E-state index contributed by atoms with van der Waals surface area (Å²) in [5, 5.41) is 9.81. The van der Waals surface area contributed by atoms with Gasteiger partial charge in [-0.25, -0.2) is 0 Å². The van der Waals surface area contributed by atoms with Gasteiger partial charge in [0.05, 0.1) is 5.92 Å². The van der Waals surface area contributed by atoms with Crippen molar-refractivity contribution < 1.29 is 19.4 Å². The summed E-state index contributed by atoms with van der Waals surface area (Å²) in [6.45, 7) is 8.05. The quantitative estimate of drug-likeness (QED) is 0.446. The number of allylic oxidation sites excluding steroid dienone is 3. The predicted octanol–water partition coefficient (Wildman–Crippen LogP) is 4.94. The van der Waals surface area contributed by atoms with Crippen molar-refractivity contribution in [1.82, 2.24) is 0 Å². The second kappa shape index (κ2) is 8.08. The van der Waals surface area contributed by atoms with Crippen molar-refractivity contribution in [2.75, 3.05) is 0 Å². The second-order valence-electron chi connectivity index (χ2n) is 8.06. The number of phenols is 1. The number of esters is 1. The Kier molecular flexibility index (Phi) is 5.73. The number of hydrogen-bond acceptors (Lipinski definition) is 4. The molecule has 150 valence electrons. The normalized spacial score (nSPS) is 16.3. The third-order valence-electron chi connectivity index (χ3n) is 5.56. The molecule has 1 atom stereocenters. The van der Waals surface area contributed by atoms with E-state index in [4.69, 9.17) is 4.74 Å². The molecule has 4 nitrogen and oxygen atoms in total. The average molecular weight is 390 g/mol. The van der Waals surface area contributed by atoms with Gasteiger partial charge in [0.15, 0.2) is 0 Å². The van der Waals surface area contributed by atoms with Crippen molar-refractivity contribution in [2.24, 2.45) is 5.92 Å². The minimum absolute atomic E-state index is 0.276. The fourth-order valence-corrected chi connectivity index (χ4v) is 3.50. The maximum absolute atomic E-state index is 12.5. The first-order valence-electron chi connectivity index (χ1n) is 9.69. The number of phenolic OH excluding ortho intramolecular Hbond substituents is 1. The van der Waals surface area contributed by atoms with Crippen molar-refractivity contribution in [3.8, 4) is 11.5 Å². The molecular weight excluding hydrogens is 364 g/mol. The van der Waals surface area contributed by atoms with Gasteiger partial charge in [0.2, 0.25) is 0 Å². The fraction of sp³-hybridized carbons (Fsp3) is 0.280. The van der Waals surface area contributed by atoms with Crippen molar-refractivity contribution in [1.29, 1.82) is 0 Å². The van der Waals surface area contributed by atoms with Crippen LogP contribution in [-0.4, -0.2) is 17.4 Å². The molecule has 0 fully saturated rings. The molecule has 1 unspecified atom stereocenters. The van der Waals surface area contributed by atoms with Gasteiger partial charge in [-0.15, -0.1) is 0 Å². The number of aldehydes is 1. The standard InChI is InChI=1S/C25H26O4/c1-16-12-20(8-10-22(16)27)25(3,4)21-9-11-23(17(2)13-21)29-24(28)19-7-5-6-18(14-19)15-26/h5-6,8-15,19,27H,7H2,1-4H3. The molecule has 1 aliphatic carbocycles. The van der Waals surface area contributed by atoms with E-state index in [1.807, 2.05) is 50.3 Å². The van der Waals surface area contributed by atoms with Crippen LogP contribution < -0.4 is 4.74 Å². The van der Waals surface area contributed by atoms with Crippen LogP contribution in [0, 0.1) is 19.8 Å². The van der Waals surface area contributed by atoms with E-state index >= 15 is 0 Å². The number of benzene rings is 2. The van der Waals surface area contributed by atoms with E-state index < -0.39 is 5.92 Å². The Balaban J connectivity index is 1.82. The van der Waals surface area contributed by atoms with Crippen LogP contribution in [0.5, 0.6) is 11.5 Å². The summed E-state index contributed by atoms with van der Waals surface area (Å²) in [5.41, 5.74) is 4.10. The second-order valence-corrected chi connectivity index (χ2v) is 8.06. The Labute approximate surface area is 171 Å². The lowest BCUT2D eigenvalue weighted by atomic mass is 9.77. The zero-order valence-electron chi connectivity index (χ0n) is 17.2. The summed E-state index contributed by atoms with van der Waals surface area (Å²) in [5.74, 6) is -0.00645. The zero-order chi connectivity index (χ0) is 21.2. The van der Waals surface area contributed by atoms with Crippen LogP contribution in [0.1, 0.15) is 42.5 Å². The Bertz CT molecular complexity index is 1010. The maximum Gasteiger partial charge on any atom is 0.318 e. The summed E-state index contributed by atoms with van der Waals surface area (Å²) in [6.07, 6.45) is 6.44. The first kappa shape index (κ1) is 20.6. The Morgan fingerprint density at radius 1 is 1.10 bits per heavy atom. The molecule has 0 heterocycles. The molecule has 0 amide bonds. The van der Waals surface area contributed by atoms with Crippen LogP contribution in [0.25, 0.3) is 0 Å². The van der Waals surface area contributed by atoms with Crippen molar-refractivity contribution >= 4 is 12.3 Å². The van der Waals surface area contributed by atoms with Crippen LogP contribution in [0.4, 0.5) is 0 Å². The smallest absolute Gasteiger partial charge is 0.318 e. The third kappa shape index (κ3) is 4.32. The lowest BCUT2D eigenvalue weighted by Gasteiger charge is -2.27. The number of carbonyl (C=O) groups is 2. The van der Waals surface area contributed by atoms with E-state index in [2.05, 4.69) is 13.8 Å². The van der Waals surface area contributed by atoms with Crippen molar-refractivity contribution in [2.45, 2.75) is 39.5 Å². The van der Waals surface area contributed by atoms with Gasteiger partial charge in [0, 0.05) is 11.0 Å². The van der Waals surface area contributed by atoms with E-state index in [1.54, 1.807) is 18.2 Å².